The summed E-state index contributed by atoms with van der Waals surface area (Å²) in [5.41, 5.74) is 1.76. The highest BCUT2D eigenvalue weighted by Gasteiger charge is 2.35. The lowest BCUT2D eigenvalue weighted by Gasteiger charge is -2.34. The van der Waals surface area contributed by atoms with Gasteiger partial charge in [0.2, 0.25) is 11.8 Å². The van der Waals surface area contributed by atoms with Crippen LogP contribution in [0.15, 0.2) is 77.7 Å². The molecule has 0 radical (unpaired) electrons. The predicted molar refractivity (Wildman–Crippen MR) is 164 cm³/mol. The molecule has 4 rings (SSSR count). The van der Waals surface area contributed by atoms with E-state index in [4.69, 9.17) is 23.2 Å². The van der Waals surface area contributed by atoms with Gasteiger partial charge in [0.15, 0.2) is 0 Å². The Kier molecular flexibility index (Phi) is 10.3. The number of para-hydroxylation sites is 1. The van der Waals surface area contributed by atoms with Gasteiger partial charge in [0.05, 0.1) is 20.6 Å². The second-order valence-electron chi connectivity index (χ2n) is 10.3. The van der Waals surface area contributed by atoms with Crippen molar-refractivity contribution in [2.45, 2.75) is 69.5 Å². The molecule has 1 aliphatic rings. The Bertz CT molecular complexity index is 1480. The van der Waals surface area contributed by atoms with Crippen molar-refractivity contribution in [3.63, 3.8) is 0 Å². The summed E-state index contributed by atoms with van der Waals surface area (Å²) in [5.74, 6) is -0.756. The van der Waals surface area contributed by atoms with Crippen LogP contribution in [0.3, 0.4) is 0 Å². The van der Waals surface area contributed by atoms with Gasteiger partial charge in [0.1, 0.15) is 12.6 Å². The minimum absolute atomic E-state index is 0.0549. The summed E-state index contributed by atoms with van der Waals surface area (Å²) < 4.78 is 29.0. The molecule has 0 aromatic heterocycles. The molecule has 218 valence electrons. The van der Waals surface area contributed by atoms with Crippen LogP contribution >= 0.6 is 23.2 Å². The van der Waals surface area contributed by atoms with Gasteiger partial charge in [-0.05, 0) is 67.6 Å². The first kappa shape index (κ1) is 30.9. The number of carbonyl (C=O) groups is 2. The van der Waals surface area contributed by atoms with E-state index in [0.29, 0.717) is 33.3 Å². The van der Waals surface area contributed by atoms with E-state index in [0.717, 1.165) is 30.0 Å². The molecule has 3 aromatic rings. The highest BCUT2D eigenvalue weighted by molar-refractivity contribution is 7.92. The van der Waals surface area contributed by atoms with Crippen molar-refractivity contribution in [2.24, 2.45) is 0 Å². The minimum atomic E-state index is -4.11. The number of rotatable bonds is 11. The number of nitrogens with one attached hydrogen (secondary N) is 1. The van der Waals surface area contributed by atoms with Crippen LogP contribution in [-0.4, -0.2) is 43.8 Å². The third-order valence-electron chi connectivity index (χ3n) is 7.42. The van der Waals surface area contributed by atoms with E-state index < -0.39 is 28.5 Å². The molecule has 0 spiro atoms. The Morgan fingerprint density at radius 2 is 1.61 bits per heavy atom. The number of aryl methyl sites for hydroxylation is 1. The van der Waals surface area contributed by atoms with E-state index >= 15 is 0 Å². The Balaban J connectivity index is 1.73. The Morgan fingerprint density at radius 1 is 0.951 bits per heavy atom. The molecule has 1 atom stereocenters. The number of benzene rings is 3. The first-order valence-corrected chi connectivity index (χ1v) is 16.0. The van der Waals surface area contributed by atoms with Gasteiger partial charge in [-0.25, -0.2) is 8.42 Å². The van der Waals surface area contributed by atoms with E-state index in [1.54, 1.807) is 61.5 Å². The van der Waals surface area contributed by atoms with Gasteiger partial charge < -0.3 is 10.2 Å². The summed E-state index contributed by atoms with van der Waals surface area (Å²) in [6.45, 7) is 3.20. The monoisotopic (exact) mass is 615 g/mol. The summed E-state index contributed by atoms with van der Waals surface area (Å²) in [6.07, 6.45) is 4.26. The smallest absolute Gasteiger partial charge is 0.264 e. The molecule has 0 unspecified atom stereocenters. The number of amides is 2. The normalized spacial score (nSPS) is 14.4. The topological polar surface area (TPSA) is 86.8 Å². The second kappa shape index (κ2) is 13.7. The van der Waals surface area contributed by atoms with Crippen LogP contribution in [0, 0.1) is 6.92 Å². The largest absolute Gasteiger partial charge is 0.352 e. The van der Waals surface area contributed by atoms with Crippen molar-refractivity contribution in [2.75, 3.05) is 10.8 Å². The minimum Gasteiger partial charge on any atom is -0.352 e. The molecule has 0 bridgehead atoms. The van der Waals surface area contributed by atoms with Gasteiger partial charge in [-0.2, -0.15) is 0 Å². The zero-order valence-electron chi connectivity index (χ0n) is 23.2. The molecule has 1 N–H and O–H groups in total. The molecule has 1 saturated carbocycles. The second-order valence-corrected chi connectivity index (χ2v) is 13.0. The highest BCUT2D eigenvalue weighted by atomic mass is 35.5. The molecule has 0 heterocycles. The number of hydrogen-bond donors (Lipinski definition) is 1. The molecule has 0 saturated heterocycles. The SMILES string of the molecule is CC[C@@H](C(=O)NC1CCCC1)N(Cc1ccc(Cl)c(Cl)c1)C(=O)CN(c1ccccc1C)S(=O)(=O)c1ccccc1. The maximum Gasteiger partial charge on any atom is 0.264 e. The van der Waals surface area contributed by atoms with Crippen LogP contribution < -0.4 is 9.62 Å². The molecule has 0 aliphatic heterocycles. The quantitative estimate of drug-likeness (QED) is 0.272. The number of sulfonamides is 1. The van der Waals surface area contributed by atoms with E-state index in [9.17, 15) is 18.0 Å². The van der Waals surface area contributed by atoms with E-state index in [1.807, 2.05) is 13.0 Å². The van der Waals surface area contributed by atoms with Crippen molar-refractivity contribution in [1.82, 2.24) is 10.2 Å². The average molecular weight is 617 g/mol. The molecule has 10 heteroatoms. The fourth-order valence-electron chi connectivity index (χ4n) is 5.20. The molecule has 1 aliphatic carbocycles. The van der Waals surface area contributed by atoms with Gasteiger partial charge in [-0.15, -0.1) is 0 Å². The van der Waals surface area contributed by atoms with Gasteiger partial charge >= 0.3 is 0 Å². The van der Waals surface area contributed by atoms with Gasteiger partial charge in [0.25, 0.3) is 10.0 Å². The first-order valence-electron chi connectivity index (χ1n) is 13.8. The Hall–Kier alpha value is -3.07. The van der Waals surface area contributed by atoms with Crippen LogP contribution in [0.1, 0.15) is 50.2 Å². The summed E-state index contributed by atoms with van der Waals surface area (Å²) in [5, 5.41) is 3.81. The number of hydrogen-bond acceptors (Lipinski definition) is 4. The maximum absolute atomic E-state index is 14.2. The van der Waals surface area contributed by atoms with Crippen LogP contribution in [0.2, 0.25) is 10.0 Å². The van der Waals surface area contributed by atoms with Crippen molar-refractivity contribution in [3.05, 3.63) is 94.0 Å². The number of anilines is 1. The molecule has 1 fully saturated rings. The lowest BCUT2D eigenvalue weighted by atomic mass is 10.1. The molecule has 2 amide bonds. The van der Waals surface area contributed by atoms with Crippen LogP contribution in [0.25, 0.3) is 0 Å². The van der Waals surface area contributed by atoms with Gasteiger partial charge in [0, 0.05) is 12.6 Å². The zero-order chi connectivity index (χ0) is 29.6. The van der Waals surface area contributed by atoms with E-state index in [1.165, 1.54) is 17.0 Å². The Labute approximate surface area is 252 Å². The van der Waals surface area contributed by atoms with Crippen LogP contribution in [0.4, 0.5) is 5.69 Å². The van der Waals surface area contributed by atoms with E-state index in [2.05, 4.69) is 5.32 Å². The average Bonchev–Trinajstić information content (AvgIpc) is 3.47. The van der Waals surface area contributed by atoms with Crippen molar-refractivity contribution >= 4 is 50.7 Å². The van der Waals surface area contributed by atoms with Crippen LogP contribution in [0.5, 0.6) is 0 Å². The van der Waals surface area contributed by atoms with Crippen molar-refractivity contribution in [3.8, 4) is 0 Å². The molecular weight excluding hydrogens is 581 g/mol. The summed E-state index contributed by atoms with van der Waals surface area (Å²) in [4.78, 5) is 29.2. The number of nitrogens with zero attached hydrogens (tertiary/aromatic N) is 2. The summed E-state index contributed by atoms with van der Waals surface area (Å²) in [7, 11) is -4.11. The highest BCUT2D eigenvalue weighted by Crippen LogP contribution is 2.28. The first-order chi connectivity index (χ1) is 19.6. The number of carbonyl (C=O) groups excluding carboxylic acids is 2. The molecule has 3 aromatic carbocycles. The summed E-state index contributed by atoms with van der Waals surface area (Å²) >= 11 is 12.4. The van der Waals surface area contributed by atoms with Crippen LogP contribution in [-0.2, 0) is 26.2 Å². The van der Waals surface area contributed by atoms with Crippen molar-refractivity contribution in [1.29, 1.82) is 0 Å². The lowest BCUT2D eigenvalue weighted by Crippen LogP contribution is -2.53. The maximum atomic E-state index is 14.2. The fraction of sp³-hybridized carbons (Fsp3) is 0.355. The third kappa shape index (κ3) is 7.42. The standard InChI is InChI=1S/C31H35Cl2N3O4S/c1-3-28(31(38)34-24-12-8-9-13-24)35(20-23-17-18-26(32)27(33)19-23)30(37)21-36(29-16-10-7-11-22(29)2)41(39,40)25-14-5-4-6-15-25/h4-7,10-11,14-19,24,28H,3,8-9,12-13,20-21H2,1-2H3,(H,34,38)/t28-/m0/s1. The Morgan fingerprint density at radius 3 is 2.24 bits per heavy atom. The zero-order valence-corrected chi connectivity index (χ0v) is 25.6. The number of halogens is 2. The molecular formula is C31H35Cl2N3O4S. The fourth-order valence-corrected chi connectivity index (χ4v) is 7.02. The third-order valence-corrected chi connectivity index (χ3v) is 9.93. The van der Waals surface area contributed by atoms with E-state index in [-0.39, 0.29) is 23.4 Å². The lowest BCUT2D eigenvalue weighted by molar-refractivity contribution is -0.140. The molecule has 7 nitrogen and oxygen atoms in total. The predicted octanol–water partition coefficient (Wildman–Crippen LogP) is 6.36. The molecule has 41 heavy (non-hydrogen) atoms. The van der Waals surface area contributed by atoms with Crippen molar-refractivity contribution < 1.29 is 18.0 Å². The van der Waals surface area contributed by atoms with Gasteiger partial charge in [-0.1, -0.05) is 85.4 Å². The summed E-state index contributed by atoms with van der Waals surface area (Å²) in [6, 6.07) is 19.3. The van der Waals surface area contributed by atoms with Gasteiger partial charge in [-0.3, -0.25) is 13.9 Å².